The van der Waals surface area contributed by atoms with Crippen LogP contribution in [0.15, 0.2) is 18.2 Å². The SMILES string of the molecule is Cl.N[C@@H](c1cc(F)ccc1[N+](=O)[O-])C1CC1. The monoisotopic (exact) mass is 246 g/mol. The first-order valence-corrected chi connectivity index (χ1v) is 4.79. The minimum absolute atomic E-state index is 0. The van der Waals surface area contributed by atoms with E-state index in [0.29, 0.717) is 5.56 Å². The van der Waals surface area contributed by atoms with Crippen LogP contribution in [0.4, 0.5) is 10.1 Å². The molecule has 88 valence electrons. The number of nitrogens with two attached hydrogens (primary N) is 1. The normalized spacial score (nSPS) is 16.4. The fraction of sp³-hybridized carbons (Fsp3) is 0.400. The highest BCUT2D eigenvalue weighted by Gasteiger charge is 2.33. The first-order valence-electron chi connectivity index (χ1n) is 4.79. The first kappa shape index (κ1) is 12.9. The van der Waals surface area contributed by atoms with E-state index in [1.54, 1.807) is 0 Å². The van der Waals surface area contributed by atoms with Crippen LogP contribution in [0.3, 0.4) is 0 Å². The van der Waals surface area contributed by atoms with E-state index in [-0.39, 0.29) is 24.0 Å². The summed E-state index contributed by atoms with van der Waals surface area (Å²) in [6.45, 7) is 0. The predicted molar refractivity (Wildman–Crippen MR) is 60.0 cm³/mol. The molecule has 0 radical (unpaired) electrons. The zero-order valence-corrected chi connectivity index (χ0v) is 9.24. The van der Waals surface area contributed by atoms with Crippen LogP contribution in [0.25, 0.3) is 0 Å². The Morgan fingerprint density at radius 1 is 1.50 bits per heavy atom. The molecule has 1 aromatic carbocycles. The Hall–Kier alpha value is -1.20. The number of nitro benzene ring substituents is 1. The van der Waals surface area contributed by atoms with Crippen molar-refractivity contribution in [2.75, 3.05) is 0 Å². The molecule has 0 spiro atoms. The van der Waals surface area contributed by atoms with Crippen LogP contribution < -0.4 is 5.73 Å². The number of benzene rings is 1. The summed E-state index contributed by atoms with van der Waals surface area (Å²) in [6.07, 6.45) is 1.93. The summed E-state index contributed by atoms with van der Waals surface area (Å²) in [4.78, 5) is 10.2. The van der Waals surface area contributed by atoms with E-state index < -0.39 is 16.8 Å². The topological polar surface area (TPSA) is 69.2 Å². The van der Waals surface area contributed by atoms with Crippen LogP contribution in [0.1, 0.15) is 24.4 Å². The molecule has 16 heavy (non-hydrogen) atoms. The lowest BCUT2D eigenvalue weighted by molar-refractivity contribution is -0.385. The Kier molecular flexibility index (Phi) is 3.83. The van der Waals surface area contributed by atoms with Gasteiger partial charge in [0.2, 0.25) is 0 Å². The third kappa shape index (κ3) is 2.48. The van der Waals surface area contributed by atoms with Gasteiger partial charge in [-0.1, -0.05) is 0 Å². The number of nitrogens with zero attached hydrogens (tertiary/aromatic N) is 1. The molecule has 0 heterocycles. The molecule has 1 saturated carbocycles. The first-order chi connectivity index (χ1) is 7.09. The van der Waals surface area contributed by atoms with E-state index in [9.17, 15) is 14.5 Å². The summed E-state index contributed by atoms with van der Waals surface area (Å²) in [5.74, 6) is -0.211. The van der Waals surface area contributed by atoms with E-state index in [4.69, 9.17) is 5.73 Å². The van der Waals surface area contributed by atoms with Crippen LogP contribution >= 0.6 is 12.4 Å². The molecule has 0 amide bonds. The fourth-order valence-electron chi connectivity index (χ4n) is 1.67. The van der Waals surface area contributed by atoms with Crippen molar-refractivity contribution < 1.29 is 9.31 Å². The van der Waals surface area contributed by atoms with Crippen molar-refractivity contribution in [3.63, 3.8) is 0 Å². The molecule has 2 rings (SSSR count). The minimum Gasteiger partial charge on any atom is -0.323 e. The average molecular weight is 247 g/mol. The second-order valence-corrected chi connectivity index (χ2v) is 3.82. The molecule has 1 atom stereocenters. The quantitative estimate of drug-likeness (QED) is 0.658. The maximum atomic E-state index is 13.0. The highest BCUT2D eigenvalue weighted by atomic mass is 35.5. The highest BCUT2D eigenvalue weighted by molar-refractivity contribution is 5.85. The minimum atomic E-state index is -0.517. The van der Waals surface area contributed by atoms with E-state index in [1.807, 2.05) is 0 Å². The molecule has 1 fully saturated rings. The molecule has 1 aliphatic carbocycles. The zero-order chi connectivity index (χ0) is 11.0. The van der Waals surface area contributed by atoms with Gasteiger partial charge in [0.1, 0.15) is 5.82 Å². The summed E-state index contributed by atoms with van der Waals surface area (Å²) in [6, 6.07) is 3.01. The third-order valence-corrected chi connectivity index (χ3v) is 2.68. The van der Waals surface area contributed by atoms with Crippen LogP contribution in [0, 0.1) is 21.8 Å². The largest absolute Gasteiger partial charge is 0.323 e. The summed E-state index contributed by atoms with van der Waals surface area (Å²) < 4.78 is 13.0. The molecule has 0 unspecified atom stereocenters. The second kappa shape index (κ2) is 4.76. The lowest BCUT2D eigenvalue weighted by Crippen LogP contribution is -2.14. The Morgan fingerprint density at radius 2 is 2.12 bits per heavy atom. The van der Waals surface area contributed by atoms with Gasteiger partial charge in [0.15, 0.2) is 0 Å². The highest BCUT2D eigenvalue weighted by Crippen LogP contribution is 2.41. The standard InChI is InChI=1S/C10H11FN2O2.ClH/c11-7-3-4-9(13(14)15)8(5-7)10(12)6-1-2-6;/h3-6,10H,1-2,12H2;1H/t10-;/m1./s1. The van der Waals surface area contributed by atoms with Crippen LogP contribution in [-0.2, 0) is 0 Å². The lowest BCUT2D eigenvalue weighted by atomic mass is 10.0. The van der Waals surface area contributed by atoms with Gasteiger partial charge in [-0.05, 0) is 30.9 Å². The predicted octanol–water partition coefficient (Wildman–Crippen LogP) is 2.57. The maximum Gasteiger partial charge on any atom is 0.274 e. The summed E-state index contributed by atoms with van der Waals surface area (Å²) in [5, 5.41) is 10.7. The van der Waals surface area contributed by atoms with Crippen molar-refractivity contribution in [3.05, 3.63) is 39.7 Å². The molecule has 0 aliphatic heterocycles. The third-order valence-electron chi connectivity index (χ3n) is 2.68. The number of hydrogen-bond donors (Lipinski definition) is 1. The summed E-state index contributed by atoms with van der Waals surface area (Å²) in [5.41, 5.74) is 6.06. The molecular weight excluding hydrogens is 235 g/mol. The molecular formula is C10H12ClFN2O2. The smallest absolute Gasteiger partial charge is 0.274 e. The molecule has 0 saturated heterocycles. The van der Waals surface area contributed by atoms with Gasteiger partial charge < -0.3 is 5.73 Å². The van der Waals surface area contributed by atoms with Crippen LogP contribution in [0.2, 0.25) is 0 Å². The number of hydrogen-bond acceptors (Lipinski definition) is 3. The van der Waals surface area contributed by atoms with Gasteiger partial charge in [-0.25, -0.2) is 4.39 Å². The lowest BCUT2D eigenvalue weighted by Gasteiger charge is -2.10. The Morgan fingerprint density at radius 3 is 2.62 bits per heavy atom. The van der Waals surface area contributed by atoms with Crippen LogP contribution in [-0.4, -0.2) is 4.92 Å². The van der Waals surface area contributed by atoms with Crippen molar-refractivity contribution in [2.24, 2.45) is 11.7 Å². The van der Waals surface area contributed by atoms with Gasteiger partial charge in [0.05, 0.1) is 4.92 Å². The molecule has 4 nitrogen and oxygen atoms in total. The van der Waals surface area contributed by atoms with E-state index >= 15 is 0 Å². The summed E-state index contributed by atoms with van der Waals surface area (Å²) in [7, 11) is 0. The Balaban J connectivity index is 0.00000128. The Bertz CT molecular complexity index is 410. The zero-order valence-electron chi connectivity index (χ0n) is 8.43. The van der Waals surface area contributed by atoms with E-state index in [1.165, 1.54) is 12.1 Å². The van der Waals surface area contributed by atoms with Crippen molar-refractivity contribution in [2.45, 2.75) is 18.9 Å². The van der Waals surface area contributed by atoms with Crippen molar-refractivity contribution >= 4 is 18.1 Å². The van der Waals surface area contributed by atoms with Gasteiger partial charge in [0, 0.05) is 17.7 Å². The maximum absolute atomic E-state index is 13.0. The van der Waals surface area contributed by atoms with Gasteiger partial charge in [-0.3, -0.25) is 10.1 Å². The van der Waals surface area contributed by atoms with E-state index in [0.717, 1.165) is 18.9 Å². The van der Waals surface area contributed by atoms with Crippen molar-refractivity contribution in [1.29, 1.82) is 0 Å². The molecule has 1 aliphatic rings. The van der Waals surface area contributed by atoms with Gasteiger partial charge in [-0.15, -0.1) is 12.4 Å². The average Bonchev–Trinajstić information content (AvgIpc) is 2.99. The van der Waals surface area contributed by atoms with Crippen molar-refractivity contribution in [1.82, 2.24) is 0 Å². The second-order valence-electron chi connectivity index (χ2n) is 3.82. The molecule has 1 aromatic rings. The number of nitro groups is 1. The molecule has 0 aromatic heterocycles. The molecule has 0 bridgehead atoms. The number of halogens is 2. The van der Waals surface area contributed by atoms with Gasteiger partial charge in [0.25, 0.3) is 5.69 Å². The van der Waals surface area contributed by atoms with Gasteiger partial charge >= 0.3 is 0 Å². The molecule has 6 heteroatoms. The van der Waals surface area contributed by atoms with E-state index in [2.05, 4.69) is 0 Å². The molecule has 2 N–H and O–H groups in total. The fourth-order valence-corrected chi connectivity index (χ4v) is 1.67. The van der Waals surface area contributed by atoms with Crippen molar-refractivity contribution in [3.8, 4) is 0 Å². The summed E-state index contributed by atoms with van der Waals surface area (Å²) >= 11 is 0. The van der Waals surface area contributed by atoms with Gasteiger partial charge in [-0.2, -0.15) is 0 Å². The number of rotatable bonds is 3. The van der Waals surface area contributed by atoms with Crippen LogP contribution in [0.5, 0.6) is 0 Å². The Labute approximate surface area is 98.2 Å².